The van der Waals surface area contributed by atoms with Gasteiger partial charge in [-0.3, -0.25) is 9.58 Å². The Bertz CT molecular complexity index is 871. The van der Waals surface area contributed by atoms with Gasteiger partial charge < -0.3 is 0 Å². The lowest BCUT2D eigenvalue weighted by molar-refractivity contribution is 0.232. The number of hydrogen-bond donors (Lipinski definition) is 0. The van der Waals surface area contributed by atoms with E-state index in [2.05, 4.69) is 10.00 Å². The lowest BCUT2D eigenvalue weighted by Gasteiger charge is -2.31. The van der Waals surface area contributed by atoms with Gasteiger partial charge in [-0.25, -0.2) is 8.42 Å². The molecular weight excluding hydrogens is 334 g/mol. The zero-order valence-corrected chi connectivity index (χ0v) is 16.3. The number of rotatable bonds is 5. The lowest BCUT2D eigenvalue weighted by Crippen LogP contribution is -2.32. The molecule has 25 heavy (non-hydrogen) atoms. The molecule has 0 bridgehead atoms. The van der Waals surface area contributed by atoms with Gasteiger partial charge in [0.15, 0.2) is 9.84 Å². The highest BCUT2D eigenvalue weighted by Crippen LogP contribution is 2.33. The van der Waals surface area contributed by atoms with E-state index in [1.54, 1.807) is 6.07 Å². The van der Waals surface area contributed by atoms with Gasteiger partial charge in [0.2, 0.25) is 0 Å². The Morgan fingerprint density at radius 3 is 2.84 bits per heavy atom. The van der Waals surface area contributed by atoms with Crippen molar-refractivity contribution in [2.24, 2.45) is 7.05 Å². The molecule has 0 saturated carbocycles. The molecule has 0 saturated heterocycles. The number of nitrogens with zero attached hydrogens (tertiary/aromatic N) is 3. The second kappa shape index (κ2) is 6.92. The fourth-order valence-electron chi connectivity index (χ4n) is 3.71. The molecule has 0 spiro atoms. The van der Waals surface area contributed by atoms with Gasteiger partial charge in [-0.1, -0.05) is 12.1 Å². The van der Waals surface area contributed by atoms with E-state index in [9.17, 15) is 8.42 Å². The maximum Gasteiger partial charge on any atom is 0.179 e. The molecule has 2 aromatic rings. The normalized spacial score (nSPS) is 17.7. The number of hydrogen-bond acceptors (Lipinski definition) is 4. The van der Waals surface area contributed by atoms with Gasteiger partial charge in [0, 0.05) is 30.9 Å². The summed E-state index contributed by atoms with van der Waals surface area (Å²) in [6.07, 6.45) is 5.16. The number of benzene rings is 1. The van der Waals surface area contributed by atoms with E-state index in [1.807, 2.05) is 51.0 Å². The monoisotopic (exact) mass is 361 g/mol. The molecule has 1 aliphatic rings. The first-order chi connectivity index (χ1) is 11.8. The molecule has 1 aromatic carbocycles. The third-order valence-electron chi connectivity index (χ3n) is 5.27. The van der Waals surface area contributed by atoms with E-state index in [0.29, 0.717) is 11.4 Å². The summed E-state index contributed by atoms with van der Waals surface area (Å²) < 4.78 is 27.5. The average Bonchev–Trinajstić information content (AvgIpc) is 2.96. The van der Waals surface area contributed by atoms with Crippen LogP contribution in [0.25, 0.3) is 0 Å². The highest BCUT2D eigenvalue weighted by molar-refractivity contribution is 7.91. The zero-order chi connectivity index (χ0) is 18.2. The van der Waals surface area contributed by atoms with Gasteiger partial charge in [-0.05, 0) is 57.4 Å². The summed E-state index contributed by atoms with van der Waals surface area (Å²) in [7, 11) is 0.716. The number of sulfone groups is 1. The van der Waals surface area contributed by atoms with Crippen molar-refractivity contribution in [1.29, 1.82) is 0 Å². The molecule has 1 heterocycles. The van der Waals surface area contributed by atoms with Crippen LogP contribution in [0.4, 0.5) is 0 Å². The largest absolute Gasteiger partial charge is 0.298 e. The standard InChI is InChI=1S/C19H27N3O2S/c1-14-8-9-15(2)19(12-14)25(23,24)11-10-21(3)17-6-5-7-18-16(17)13-20-22(18)4/h8-9,12-13,17H,5-7,10-11H2,1-4H3/t17-/m0/s1. The molecule has 0 fully saturated rings. The smallest absolute Gasteiger partial charge is 0.179 e. The van der Waals surface area contributed by atoms with Crippen LogP contribution in [-0.4, -0.2) is 42.4 Å². The van der Waals surface area contributed by atoms with Crippen molar-refractivity contribution >= 4 is 9.84 Å². The van der Waals surface area contributed by atoms with Crippen LogP contribution in [0.3, 0.4) is 0 Å². The second-order valence-electron chi connectivity index (χ2n) is 7.15. The third-order valence-corrected chi connectivity index (χ3v) is 7.10. The first kappa shape index (κ1) is 18.1. The first-order valence-corrected chi connectivity index (χ1v) is 10.5. The van der Waals surface area contributed by atoms with Gasteiger partial charge >= 0.3 is 0 Å². The topological polar surface area (TPSA) is 55.2 Å². The Morgan fingerprint density at radius 1 is 1.32 bits per heavy atom. The molecule has 1 aliphatic carbocycles. The summed E-state index contributed by atoms with van der Waals surface area (Å²) in [5.74, 6) is 0.139. The molecule has 3 rings (SSSR count). The third kappa shape index (κ3) is 3.65. The molecular formula is C19H27N3O2S. The quantitative estimate of drug-likeness (QED) is 0.822. The van der Waals surface area contributed by atoms with Crippen LogP contribution in [0.15, 0.2) is 29.3 Å². The number of aromatic nitrogens is 2. The molecule has 0 radical (unpaired) electrons. The summed E-state index contributed by atoms with van der Waals surface area (Å²) in [5.41, 5.74) is 4.33. The molecule has 0 N–H and O–H groups in total. The van der Waals surface area contributed by atoms with Crippen LogP contribution < -0.4 is 0 Å². The van der Waals surface area contributed by atoms with Crippen molar-refractivity contribution in [2.45, 2.75) is 44.0 Å². The summed E-state index contributed by atoms with van der Waals surface area (Å²) in [6.45, 7) is 4.31. The maximum absolute atomic E-state index is 12.8. The molecule has 6 heteroatoms. The first-order valence-electron chi connectivity index (χ1n) is 8.80. The molecule has 1 aromatic heterocycles. The van der Waals surface area contributed by atoms with Crippen molar-refractivity contribution in [3.63, 3.8) is 0 Å². The van der Waals surface area contributed by atoms with Crippen molar-refractivity contribution in [1.82, 2.24) is 14.7 Å². The summed E-state index contributed by atoms with van der Waals surface area (Å²) in [6, 6.07) is 5.87. The Morgan fingerprint density at radius 2 is 2.08 bits per heavy atom. The summed E-state index contributed by atoms with van der Waals surface area (Å²) >= 11 is 0. The Balaban J connectivity index is 1.74. The minimum atomic E-state index is -3.28. The zero-order valence-electron chi connectivity index (χ0n) is 15.5. The van der Waals surface area contributed by atoms with Crippen molar-refractivity contribution in [3.05, 3.63) is 46.8 Å². The van der Waals surface area contributed by atoms with Crippen LogP contribution in [0.1, 0.15) is 41.3 Å². The van der Waals surface area contributed by atoms with E-state index in [4.69, 9.17) is 0 Å². The fraction of sp³-hybridized carbons (Fsp3) is 0.526. The molecule has 5 nitrogen and oxygen atoms in total. The van der Waals surface area contributed by atoms with Crippen molar-refractivity contribution in [2.75, 3.05) is 19.3 Å². The van der Waals surface area contributed by atoms with E-state index in [0.717, 1.165) is 30.4 Å². The van der Waals surface area contributed by atoms with Gasteiger partial charge in [-0.15, -0.1) is 0 Å². The summed E-state index contributed by atoms with van der Waals surface area (Å²) in [4.78, 5) is 2.63. The minimum Gasteiger partial charge on any atom is -0.298 e. The van der Waals surface area contributed by atoms with Gasteiger partial charge in [0.25, 0.3) is 0 Å². The van der Waals surface area contributed by atoms with Crippen molar-refractivity contribution in [3.8, 4) is 0 Å². The van der Waals surface area contributed by atoms with Crippen molar-refractivity contribution < 1.29 is 8.42 Å². The minimum absolute atomic E-state index is 0.139. The van der Waals surface area contributed by atoms with Crippen LogP contribution in [-0.2, 0) is 23.3 Å². The molecule has 0 amide bonds. The Hall–Kier alpha value is -1.66. The van der Waals surface area contributed by atoms with E-state index < -0.39 is 9.84 Å². The Kier molecular flexibility index (Phi) is 5.02. The summed E-state index contributed by atoms with van der Waals surface area (Å²) in [5, 5.41) is 4.38. The SMILES string of the molecule is Cc1ccc(C)c(S(=O)(=O)CCN(C)[C@H]2CCCc3c2cnn3C)c1. The van der Waals surface area contributed by atoms with E-state index in [-0.39, 0.29) is 11.8 Å². The molecule has 0 aliphatic heterocycles. The van der Waals surface area contributed by atoms with E-state index in [1.165, 1.54) is 11.3 Å². The predicted octanol–water partition coefficient (Wildman–Crippen LogP) is 2.82. The number of aryl methyl sites for hydroxylation is 3. The van der Waals surface area contributed by atoms with Gasteiger partial charge in [0.1, 0.15) is 0 Å². The van der Waals surface area contributed by atoms with Gasteiger partial charge in [-0.2, -0.15) is 5.10 Å². The lowest BCUT2D eigenvalue weighted by atomic mass is 9.92. The highest BCUT2D eigenvalue weighted by atomic mass is 32.2. The second-order valence-corrected chi connectivity index (χ2v) is 9.22. The fourth-order valence-corrected chi connectivity index (χ4v) is 5.39. The molecule has 0 unspecified atom stereocenters. The predicted molar refractivity (Wildman–Crippen MR) is 99.5 cm³/mol. The van der Waals surface area contributed by atoms with Crippen LogP contribution in [0.2, 0.25) is 0 Å². The maximum atomic E-state index is 12.8. The Labute approximate surface area is 150 Å². The highest BCUT2D eigenvalue weighted by Gasteiger charge is 2.27. The van der Waals surface area contributed by atoms with Crippen LogP contribution in [0, 0.1) is 13.8 Å². The molecule has 1 atom stereocenters. The van der Waals surface area contributed by atoms with E-state index >= 15 is 0 Å². The average molecular weight is 362 g/mol. The number of fused-ring (bicyclic) bond motifs is 1. The van der Waals surface area contributed by atoms with Crippen LogP contribution in [0.5, 0.6) is 0 Å². The van der Waals surface area contributed by atoms with Crippen LogP contribution >= 0.6 is 0 Å². The van der Waals surface area contributed by atoms with Gasteiger partial charge in [0.05, 0.1) is 16.8 Å². The molecule has 136 valence electrons.